The number of hydrogen-bond acceptors (Lipinski definition) is 3. The van der Waals surface area contributed by atoms with E-state index >= 15 is 0 Å². The molecule has 3 nitrogen and oxygen atoms in total. The van der Waals surface area contributed by atoms with Crippen LogP contribution in [0, 0.1) is 0 Å². The Hall–Kier alpha value is -1.68. The topological polar surface area (TPSA) is 38.3 Å². The third kappa shape index (κ3) is 3.64. The van der Waals surface area contributed by atoms with Crippen molar-refractivity contribution in [3.05, 3.63) is 36.4 Å². The zero-order chi connectivity index (χ0) is 14.0. The average Bonchev–Trinajstić information content (AvgIpc) is 2.26. The Labute approximate surface area is 118 Å². The fourth-order valence-corrected chi connectivity index (χ4v) is 2.01. The molecule has 0 spiro atoms. The second-order valence-corrected chi connectivity index (χ2v) is 5.85. The smallest absolute Gasteiger partial charge is 0.412 e. The van der Waals surface area contributed by atoms with Gasteiger partial charge in [-0.1, -0.05) is 18.2 Å². The first-order valence-corrected chi connectivity index (χ1v) is 6.52. The van der Waals surface area contributed by atoms with Crippen molar-refractivity contribution in [3.63, 3.8) is 0 Å². The summed E-state index contributed by atoms with van der Waals surface area (Å²) in [6.45, 7) is 5.51. The van der Waals surface area contributed by atoms with Gasteiger partial charge in [-0.25, -0.2) is 4.79 Å². The number of carbonyl (C=O) groups is 1. The third-order valence-electron chi connectivity index (χ3n) is 2.50. The Balaban J connectivity index is 2.28. The molecule has 1 amide bonds. The molecule has 0 aromatic heterocycles. The van der Waals surface area contributed by atoms with Gasteiger partial charge in [0.15, 0.2) is 0 Å². The Kier molecular flexibility index (Phi) is 3.71. The van der Waals surface area contributed by atoms with E-state index in [4.69, 9.17) is 4.74 Å². The summed E-state index contributed by atoms with van der Waals surface area (Å²) in [5.74, 6) is 0. The predicted molar refractivity (Wildman–Crippen MR) is 81.1 cm³/mol. The van der Waals surface area contributed by atoms with Gasteiger partial charge in [0.05, 0.1) is 5.69 Å². The molecule has 2 aromatic carbocycles. The van der Waals surface area contributed by atoms with Gasteiger partial charge in [0.25, 0.3) is 0 Å². The number of thiol groups is 1. The maximum atomic E-state index is 11.8. The van der Waals surface area contributed by atoms with Crippen LogP contribution in [0.2, 0.25) is 0 Å². The van der Waals surface area contributed by atoms with Crippen LogP contribution in [0.3, 0.4) is 0 Å². The summed E-state index contributed by atoms with van der Waals surface area (Å²) in [4.78, 5) is 12.7. The summed E-state index contributed by atoms with van der Waals surface area (Å²) in [6, 6.07) is 11.5. The highest BCUT2D eigenvalue weighted by Crippen LogP contribution is 2.26. The lowest BCUT2D eigenvalue weighted by Gasteiger charge is -2.20. The van der Waals surface area contributed by atoms with Crippen LogP contribution in [0.5, 0.6) is 0 Å². The fraction of sp³-hybridized carbons (Fsp3) is 0.267. The van der Waals surface area contributed by atoms with Crippen LogP contribution in [0.25, 0.3) is 10.8 Å². The normalized spacial score (nSPS) is 11.4. The molecule has 4 heteroatoms. The number of rotatable bonds is 1. The van der Waals surface area contributed by atoms with Gasteiger partial charge in [0.2, 0.25) is 0 Å². The molecule has 0 bridgehead atoms. The highest BCUT2D eigenvalue weighted by molar-refractivity contribution is 7.80. The van der Waals surface area contributed by atoms with E-state index in [1.807, 2.05) is 57.2 Å². The molecule has 2 aromatic rings. The highest BCUT2D eigenvalue weighted by Gasteiger charge is 2.16. The van der Waals surface area contributed by atoms with Crippen LogP contribution in [-0.4, -0.2) is 11.7 Å². The summed E-state index contributed by atoms with van der Waals surface area (Å²) in [6.07, 6.45) is -0.449. The number of carbonyl (C=O) groups excluding carboxylic acids is 1. The van der Waals surface area contributed by atoms with Crippen molar-refractivity contribution < 1.29 is 9.53 Å². The maximum absolute atomic E-state index is 11.8. The standard InChI is InChI=1S/C15H17NO2S/c1-15(2,3)18-14(17)16-13-6-4-5-10-9-11(19)7-8-12(10)13/h4-9,19H,1-3H3,(H,16,17). The minimum Gasteiger partial charge on any atom is -0.444 e. The molecule has 100 valence electrons. The van der Waals surface area contributed by atoms with E-state index in [9.17, 15) is 4.79 Å². The lowest BCUT2D eigenvalue weighted by molar-refractivity contribution is 0.0636. The number of benzene rings is 2. The van der Waals surface area contributed by atoms with Crippen LogP contribution in [0.15, 0.2) is 41.3 Å². The average molecular weight is 275 g/mol. The molecule has 0 radical (unpaired) electrons. The first-order valence-electron chi connectivity index (χ1n) is 6.07. The molecule has 2 rings (SSSR count). The molecule has 0 heterocycles. The van der Waals surface area contributed by atoms with E-state index in [1.165, 1.54) is 0 Å². The van der Waals surface area contributed by atoms with E-state index in [0.29, 0.717) is 0 Å². The zero-order valence-corrected chi connectivity index (χ0v) is 12.1. The number of ether oxygens (including phenoxy) is 1. The van der Waals surface area contributed by atoms with Crippen molar-refractivity contribution in [1.82, 2.24) is 0 Å². The van der Waals surface area contributed by atoms with Crippen LogP contribution in [0.1, 0.15) is 20.8 Å². The summed E-state index contributed by atoms with van der Waals surface area (Å²) in [5, 5.41) is 4.77. The molecule has 0 aliphatic heterocycles. The molecule has 1 N–H and O–H groups in total. The summed E-state index contributed by atoms with van der Waals surface area (Å²) >= 11 is 4.31. The van der Waals surface area contributed by atoms with Gasteiger partial charge in [-0.3, -0.25) is 5.32 Å². The number of anilines is 1. The van der Waals surface area contributed by atoms with Crippen molar-refractivity contribution in [1.29, 1.82) is 0 Å². The van der Waals surface area contributed by atoms with Crippen molar-refractivity contribution in [2.24, 2.45) is 0 Å². The number of nitrogens with one attached hydrogen (secondary N) is 1. The van der Waals surface area contributed by atoms with Gasteiger partial charge in [-0.15, -0.1) is 12.6 Å². The number of hydrogen-bond donors (Lipinski definition) is 2. The van der Waals surface area contributed by atoms with E-state index < -0.39 is 11.7 Å². The second-order valence-electron chi connectivity index (χ2n) is 5.34. The molecule has 0 aliphatic rings. The summed E-state index contributed by atoms with van der Waals surface area (Å²) in [7, 11) is 0. The van der Waals surface area contributed by atoms with E-state index in [1.54, 1.807) is 0 Å². The van der Waals surface area contributed by atoms with Crippen LogP contribution >= 0.6 is 12.6 Å². The monoisotopic (exact) mass is 275 g/mol. The molecular weight excluding hydrogens is 258 g/mol. The molecular formula is C15H17NO2S. The van der Waals surface area contributed by atoms with Gasteiger partial charge in [0.1, 0.15) is 5.60 Å². The van der Waals surface area contributed by atoms with Crippen molar-refractivity contribution >= 4 is 35.2 Å². The number of fused-ring (bicyclic) bond motifs is 1. The zero-order valence-electron chi connectivity index (χ0n) is 11.2. The first-order chi connectivity index (χ1) is 8.85. The molecule has 0 atom stereocenters. The molecule has 0 saturated heterocycles. The lowest BCUT2D eigenvalue weighted by Crippen LogP contribution is -2.27. The van der Waals surface area contributed by atoms with Crippen LogP contribution in [-0.2, 0) is 4.74 Å². The van der Waals surface area contributed by atoms with Gasteiger partial charge in [-0.2, -0.15) is 0 Å². The minimum atomic E-state index is -0.507. The maximum Gasteiger partial charge on any atom is 0.412 e. The summed E-state index contributed by atoms with van der Waals surface area (Å²) < 4.78 is 5.25. The fourth-order valence-electron chi connectivity index (χ4n) is 1.79. The second kappa shape index (κ2) is 5.13. The molecule has 19 heavy (non-hydrogen) atoms. The van der Waals surface area contributed by atoms with Gasteiger partial charge in [0, 0.05) is 10.3 Å². The van der Waals surface area contributed by atoms with Crippen molar-refractivity contribution in [2.45, 2.75) is 31.3 Å². The van der Waals surface area contributed by atoms with E-state index in [0.717, 1.165) is 21.4 Å². The highest BCUT2D eigenvalue weighted by atomic mass is 32.1. The quantitative estimate of drug-likeness (QED) is 0.753. The molecule has 0 unspecified atom stereocenters. The van der Waals surface area contributed by atoms with Gasteiger partial charge < -0.3 is 4.74 Å². The van der Waals surface area contributed by atoms with E-state index in [2.05, 4.69) is 17.9 Å². The van der Waals surface area contributed by atoms with Gasteiger partial charge in [-0.05, 0) is 44.4 Å². The van der Waals surface area contributed by atoms with Crippen molar-refractivity contribution in [2.75, 3.05) is 5.32 Å². The first kappa shape index (κ1) is 13.7. The molecule has 0 saturated carbocycles. The van der Waals surface area contributed by atoms with Gasteiger partial charge >= 0.3 is 6.09 Å². The lowest BCUT2D eigenvalue weighted by atomic mass is 10.1. The third-order valence-corrected chi connectivity index (χ3v) is 2.78. The van der Waals surface area contributed by atoms with E-state index in [-0.39, 0.29) is 0 Å². The Bertz CT molecular complexity index is 617. The largest absolute Gasteiger partial charge is 0.444 e. The SMILES string of the molecule is CC(C)(C)OC(=O)Nc1cccc2cc(S)ccc12. The molecule has 0 fully saturated rings. The Morgan fingerprint density at radius 1 is 1.21 bits per heavy atom. The number of amides is 1. The molecule has 0 aliphatic carbocycles. The predicted octanol–water partition coefficient (Wildman–Crippen LogP) is 4.48. The Morgan fingerprint density at radius 2 is 1.95 bits per heavy atom. The Morgan fingerprint density at radius 3 is 2.63 bits per heavy atom. The summed E-state index contributed by atoms with van der Waals surface area (Å²) in [5.41, 5.74) is 0.229. The van der Waals surface area contributed by atoms with Crippen LogP contribution in [0.4, 0.5) is 10.5 Å². The minimum absolute atomic E-state index is 0.449. The van der Waals surface area contributed by atoms with Crippen molar-refractivity contribution in [3.8, 4) is 0 Å². The van der Waals surface area contributed by atoms with Crippen LogP contribution < -0.4 is 5.32 Å².